The Kier molecular flexibility index (Phi) is 7.43. The highest BCUT2D eigenvalue weighted by Crippen LogP contribution is 2.32. The minimum Gasteiger partial charge on any atom is -0.492 e. The second kappa shape index (κ2) is 10.2. The molecule has 0 atom stereocenters. The van der Waals surface area contributed by atoms with Gasteiger partial charge in [-0.05, 0) is 57.3 Å². The monoisotopic (exact) mass is 425 g/mol. The van der Waals surface area contributed by atoms with Crippen LogP contribution in [0.3, 0.4) is 0 Å². The smallest absolute Gasteiger partial charge is 0.264 e. The van der Waals surface area contributed by atoms with Crippen LogP contribution < -0.4 is 14.8 Å². The Bertz CT molecular complexity index is 1000. The number of carbonyl (C=O) groups excluding carboxylic acids is 1. The molecule has 1 aromatic heterocycles. The molecule has 3 rings (SSSR count). The first-order valence-corrected chi connectivity index (χ1v) is 10.6. The first kappa shape index (κ1) is 21.8. The van der Waals surface area contributed by atoms with Gasteiger partial charge in [0.15, 0.2) is 11.7 Å². The molecule has 6 nitrogen and oxygen atoms in total. The number of aromatic nitrogens is 1. The predicted octanol–water partition coefficient (Wildman–Crippen LogP) is 4.38. The van der Waals surface area contributed by atoms with Gasteiger partial charge in [-0.3, -0.25) is 10.1 Å². The summed E-state index contributed by atoms with van der Waals surface area (Å²) < 4.78 is 11.6. The van der Waals surface area contributed by atoms with Gasteiger partial charge < -0.3 is 14.4 Å². The van der Waals surface area contributed by atoms with Crippen molar-refractivity contribution in [1.82, 2.24) is 9.88 Å². The second-order valence-corrected chi connectivity index (χ2v) is 8.08. The summed E-state index contributed by atoms with van der Waals surface area (Å²) >= 11 is 1.38. The van der Waals surface area contributed by atoms with Gasteiger partial charge in [-0.25, -0.2) is 4.98 Å². The third-order valence-electron chi connectivity index (χ3n) is 4.62. The number of anilines is 1. The number of nitrogens with one attached hydrogen (secondary N) is 1. The van der Waals surface area contributed by atoms with E-state index >= 15 is 0 Å². The normalized spacial score (nSPS) is 10.8. The highest BCUT2D eigenvalue weighted by atomic mass is 32.1. The van der Waals surface area contributed by atoms with E-state index in [1.54, 1.807) is 0 Å². The highest BCUT2D eigenvalue weighted by molar-refractivity contribution is 7.14. The Labute approximate surface area is 181 Å². The molecule has 0 saturated carbocycles. The van der Waals surface area contributed by atoms with Crippen LogP contribution in [0.2, 0.25) is 0 Å². The molecule has 7 heteroatoms. The number of benzene rings is 2. The fourth-order valence-electron chi connectivity index (χ4n) is 2.78. The van der Waals surface area contributed by atoms with Crippen LogP contribution in [0.4, 0.5) is 5.13 Å². The summed E-state index contributed by atoms with van der Waals surface area (Å²) in [5, 5.41) is 5.25. The van der Waals surface area contributed by atoms with E-state index in [0.29, 0.717) is 17.5 Å². The van der Waals surface area contributed by atoms with Gasteiger partial charge >= 0.3 is 0 Å². The molecule has 0 saturated heterocycles. The van der Waals surface area contributed by atoms with Crippen LogP contribution in [0.15, 0.2) is 47.8 Å². The maximum atomic E-state index is 12.3. The fourth-order valence-corrected chi connectivity index (χ4v) is 3.50. The standard InChI is InChI=1S/C23H27N3O3S/c1-16-8-7-11-20(17(16)2)29-14-22(27)25-23-24-19(15-30-23)18-9-5-6-10-21(18)28-13-12-26(3)4/h5-11,15H,12-14H2,1-4H3,(H,24,25,27). The number of hydrogen-bond donors (Lipinski definition) is 1. The van der Waals surface area contributed by atoms with Crippen molar-refractivity contribution in [2.75, 3.05) is 39.2 Å². The number of rotatable bonds is 9. The Morgan fingerprint density at radius 2 is 1.83 bits per heavy atom. The molecule has 0 fully saturated rings. The third-order valence-corrected chi connectivity index (χ3v) is 5.38. The molecule has 0 aliphatic heterocycles. The van der Waals surface area contributed by atoms with E-state index in [9.17, 15) is 4.79 Å². The lowest BCUT2D eigenvalue weighted by molar-refractivity contribution is -0.118. The number of nitrogens with zero attached hydrogens (tertiary/aromatic N) is 2. The largest absolute Gasteiger partial charge is 0.492 e. The first-order chi connectivity index (χ1) is 14.4. The van der Waals surface area contributed by atoms with E-state index in [1.165, 1.54) is 11.3 Å². The number of para-hydroxylation sites is 1. The molecule has 3 aromatic rings. The molecule has 0 aliphatic rings. The van der Waals surface area contributed by atoms with Crippen molar-refractivity contribution in [3.05, 3.63) is 59.0 Å². The van der Waals surface area contributed by atoms with Crippen molar-refractivity contribution in [2.24, 2.45) is 0 Å². The quantitative estimate of drug-likeness (QED) is 0.551. The zero-order valence-electron chi connectivity index (χ0n) is 17.8. The van der Waals surface area contributed by atoms with Crippen LogP contribution in [-0.4, -0.2) is 49.6 Å². The van der Waals surface area contributed by atoms with Crippen LogP contribution in [0, 0.1) is 13.8 Å². The van der Waals surface area contributed by atoms with Gasteiger partial charge in [0.25, 0.3) is 5.91 Å². The molecule has 158 valence electrons. The van der Waals surface area contributed by atoms with Gasteiger partial charge in [-0.1, -0.05) is 24.3 Å². The van der Waals surface area contributed by atoms with E-state index in [0.717, 1.165) is 34.7 Å². The molecule has 1 amide bonds. The van der Waals surface area contributed by atoms with Gasteiger partial charge in [-0.2, -0.15) is 0 Å². The van der Waals surface area contributed by atoms with Crippen LogP contribution in [0.25, 0.3) is 11.3 Å². The Morgan fingerprint density at radius 1 is 1.07 bits per heavy atom. The zero-order chi connectivity index (χ0) is 21.5. The molecular weight excluding hydrogens is 398 g/mol. The van der Waals surface area contributed by atoms with E-state index < -0.39 is 0 Å². The van der Waals surface area contributed by atoms with E-state index in [4.69, 9.17) is 9.47 Å². The summed E-state index contributed by atoms with van der Waals surface area (Å²) in [7, 11) is 4.02. The van der Waals surface area contributed by atoms with Crippen LogP contribution in [0.1, 0.15) is 11.1 Å². The average molecular weight is 426 g/mol. The summed E-state index contributed by atoms with van der Waals surface area (Å²) in [6.07, 6.45) is 0. The number of amides is 1. The lowest BCUT2D eigenvalue weighted by atomic mass is 10.1. The van der Waals surface area contributed by atoms with Crippen molar-refractivity contribution in [3.63, 3.8) is 0 Å². The number of hydrogen-bond acceptors (Lipinski definition) is 6. The number of thiazole rings is 1. The Hall–Kier alpha value is -2.90. The highest BCUT2D eigenvalue weighted by Gasteiger charge is 2.13. The third kappa shape index (κ3) is 5.81. The predicted molar refractivity (Wildman–Crippen MR) is 122 cm³/mol. The van der Waals surface area contributed by atoms with Crippen LogP contribution in [-0.2, 0) is 4.79 Å². The van der Waals surface area contributed by atoms with Gasteiger partial charge in [0.05, 0.1) is 5.69 Å². The molecule has 0 radical (unpaired) electrons. The number of aryl methyl sites for hydroxylation is 1. The summed E-state index contributed by atoms with van der Waals surface area (Å²) in [5.41, 5.74) is 3.84. The molecule has 0 bridgehead atoms. The van der Waals surface area contributed by atoms with Gasteiger partial charge in [-0.15, -0.1) is 11.3 Å². The molecule has 1 N–H and O–H groups in total. The van der Waals surface area contributed by atoms with E-state index in [1.807, 2.05) is 75.8 Å². The van der Waals surface area contributed by atoms with E-state index in [2.05, 4.69) is 15.2 Å². The number of ether oxygens (including phenoxy) is 2. The van der Waals surface area contributed by atoms with Crippen molar-refractivity contribution in [3.8, 4) is 22.8 Å². The summed E-state index contributed by atoms with van der Waals surface area (Å²) in [4.78, 5) is 18.9. The maximum absolute atomic E-state index is 12.3. The van der Waals surface area contributed by atoms with Crippen LogP contribution >= 0.6 is 11.3 Å². The number of carbonyl (C=O) groups is 1. The molecule has 30 heavy (non-hydrogen) atoms. The Balaban J connectivity index is 1.61. The van der Waals surface area contributed by atoms with Crippen molar-refractivity contribution in [2.45, 2.75) is 13.8 Å². The minimum atomic E-state index is -0.243. The molecule has 0 unspecified atom stereocenters. The zero-order valence-corrected chi connectivity index (χ0v) is 18.6. The topological polar surface area (TPSA) is 63.7 Å². The lowest BCUT2D eigenvalue weighted by Gasteiger charge is -2.13. The molecule has 0 spiro atoms. The molecular formula is C23H27N3O3S. The molecule has 1 heterocycles. The summed E-state index contributed by atoms with van der Waals surface area (Å²) in [6.45, 7) is 5.35. The molecule has 0 aliphatic carbocycles. The van der Waals surface area contributed by atoms with Crippen molar-refractivity contribution in [1.29, 1.82) is 0 Å². The first-order valence-electron chi connectivity index (χ1n) is 9.75. The maximum Gasteiger partial charge on any atom is 0.264 e. The molecule has 2 aromatic carbocycles. The minimum absolute atomic E-state index is 0.0660. The van der Waals surface area contributed by atoms with Gasteiger partial charge in [0.2, 0.25) is 0 Å². The van der Waals surface area contributed by atoms with Crippen LogP contribution in [0.5, 0.6) is 11.5 Å². The average Bonchev–Trinajstić information content (AvgIpc) is 3.17. The fraction of sp³-hybridized carbons (Fsp3) is 0.304. The summed E-state index contributed by atoms with van der Waals surface area (Å²) in [5.74, 6) is 1.25. The number of likely N-dealkylation sites (N-methyl/N-ethyl adjacent to an activating group) is 1. The second-order valence-electron chi connectivity index (χ2n) is 7.22. The van der Waals surface area contributed by atoms with Gasteiger partial charge in [0, 0.05) is 17.5 Å². The van der Waals surface area contributed by atoms with Crippen molar-refractivity contribution < 1.29 is 14.3 Å². The lowest BCUT2D eigenvalue weighted by Crippen LogP contribution is -2.20. The van der Waals surface area contributed by atoms with E-state index in [-0.39, 0.29) is 12.5 Å². The van der Waals surface area contributed by atoms with Crippen molar-refractivity contribution >= 4 is 22.4 Å². The Morgan fingerprint density at radius 3 is 2.63 bits per heavy atom. The summed E-state index contributed by atoms with van der Waals surface area (Å²) in [6, 6.07) is 13.6. The SMILES string of the molecule is Cc1cccc(OCC(=O)Nc2nc(-c3ccccc3OCCN(C)C)cs2)c1C. The van der Waals surface area contributed by atoms with Gasteiger partial charge in [0.1, 0.15) is 18.1 Å².